The molecule has 0 N–H and O–H groups in total. The van der Waals surface area contributed by atoms with E-state index >= 15 is 0 Å². The van der Waals surface area contributed by atoms with Crippen LogP contribution in [-0.4, -0.2) is 40.8 Å². The Morgan fingerprint density at radius 2 is 1.96 bits per heavy atom. The summed E-state index contributed by atoms with van der Waals surface area (Å²) in [5, 5.41) is 4.98. The molecule has 0 unspecified atom stereocenters. The predicted octanol–water partition coefficient (Wildman–Crippen LogP) is 4.07. The Morgan fingerprint density at radius 1 is 1.15 bits per heavy atom. The maximum Gasteiger partial charge on any atom is 0.274 e. The van der Waals surface area contributed by atoms with E-state index in [9.17, 15) is 4.79 Å². The molecule has 3 rings (SSSR count). The standard InChI is InChI=1S/C20H20ClN3O2/c1-23(12-6-14-26-18-9-3-2-4-10-18)20(25)19-11-13-24(22-19)17-8-5-7-16(21)15-17/h2-5,7-11,13,15H,6,12,14H2,1H3. The number of aromatic nitrogens is 2. The summed E-state index contributed by atoms with van der Waals surface area (Å²) in [6, 6.07) is 18.7. The van der Waals surface area contributed by atoms with E-state index in [4.69, 9.17) is 16.3 Å². The number of hydrogen-bond acceptors (Lipinski definition) is 3. The van der Waals surface area contributed by atoms with Crippen molar-refractivity contribution in [3.8, 4) is 11.4 Å². The zero-order valence-corrected chi connectivity index (χ0v) is 15.3. The second-order valence-electron chi connectivity index (χ2n) is 5.87. The van der Waals surface area contributed by atoms with Gasteiger partial charge < -0.3 is 9.64 Å². The van der Waals surface area contributed by atoms with Crippen molar-refractivity contribution in [1.29, 1.82) is 0 Å². The van der Waals surface area contributed by atoms with Crippen LogP contribution in [0.3, 0.4) is 0 Å². The molecule has 0 fully saturated rings. The lowest BCUT2D eigenvalue weighted by Crippen LogP contribution is -2.29. The van der Waals surface area contributed by atoms with Gasteiger partial charge in [0.25, 0.3) is 5.91 Å². The number of amides is 1. The maximum atomic E-state index is 12.5. The summed E-state index contributed by atoms with van der Waals surface area (Å²) in [6.45, 7) is 1.15. The molecular formula is C20H20ClN3O2. The number of benzene rings is 2. The van der Waals surface area contributed by atoms with Gasteiger partial charge in [-0.25, -0.2) is 4.68 Å². The van der Waals surface area contributed by atoms with Gasteiger partial charge in [0.15, 0.2) is 5.69 Å². The highest BCUT2D eigenvalue weighted by molar-refractivity contribution is 6.30. The van der Waals surface area contributed by atoms with Crippen molar-refractivity contribution in [3.63, 3.8) is 0 Å². The zero-order valence-electron chi connectivity index (χ0n) is 14.5. The highest BCUT2D eigenvalue weighted by atomic mass is 35.5. The molecule has 0 aliphatic rings. The van der Waals surface area contributed by atoms with Gasteiger partial charge in [0.05, 0.1) is 12.3 Å². The van der Waals surface area contributed by atoms with E-state index in [-0.39, 0.29) is 5.91 Å². The Labute approximate surface area is 157 Å². The highest BCUT2D eigenvalue weighted by Crippen LogP contribution is 2.15. The summed E-state index contributed by atoms with van der Waals surface area (Å²) in [5.74, 6) is 0.715. The molecule has 1 heterocycles. The minimum atomic E-state index is -0.120. The molecule has 2 aromatic carbocycles. The van der Waals surface area contributed by atoms with E-state index in [1.54, 1.807) is 41.0 Å². The van der Waals surface area contributed by atoms with Crippen LogP contribution in [0, 0.1) is 0 Å². The third-order valence-electron chi connectivity index (χ3n) is 3.88. The average molecular weight is 370 g/mol. The number of carbonyl (C=O) groups is 1. The number of ether oxygens (including phenoxy) is 1. The fourth-order valence-electron chi connectivity index (χ4n) is 2.51. The van der Waals surface area contributed by atoms with Crippen LogP contribution in [0.2, 0.25) is 5.02 Å². The third-order valence-corrected chi connectivity index (χ3v) is 4.11. The quantitative estimate of drug-likeness (QED) is 0.590. The monoisotopic (exact) mass is 369 g/mol. The van der Waals surface area contributed by atoms with Gasteiger partial charge >= 0.3 is 0 Å². The van der Waals surface area contributed by atoms with Crippen LogP contribution in [0.25, 0.3) is 5.69 Å². The molecule has 0 bridgehead atoms. The van der Waals surface area contributed by atoms with Gasteiger partial charge in [-0.15, -0.1) is 0 Å². The van der Waals surface area contributed by atoms with Crippen molar-refractivity contribution >= 4 is 17.5 Å². The molecular weight excluding hydrogens is 350 g/mol. The molecule has 0 saturated carbocycles. The molecule has 0 aliphatic carbocycles. The smallest absolute Gasteiger partial charge is 0.274 e. The van der Waals surface area contributed by atoms with E-state index < -0.39 is 0 Å². The lowest BCUT2D eigenvalue weighted by atomic mass is 10.3. The summed E-state index contributed by atoms with van der Waals surface area (Å²) in [7, 11) is 1.77. The molecule has 0 atom stereocenters. The Kier molecular flexibility index (Phi) is 5.92. The molecule has 1 aromatic heterocycles. The van der Waals surface area contributed by atoms with Crippen LogP contribution >= 0.6 is 11.6 Å². The summed E-state index contributed by atoms with van der Waals surface area (Å²) in [5.41, 5.74) is 1.21. The number of rotatable bonds is 7. The lowest BCUT2D eigenvalue weighted by molar-refractivity contribution is 0.0781. The molecule has 0 spiro atoms. The fraction of sp³-hybridized carbons (Fsp3) is 0.200. The average Bonchev–Trinajstić information content (AvgIpc) is 3.15. The van der Waals surface area contributed by atoms with Crippen LogP contribution in [0.15, 0.2) is 66.9 Å². The zero-order chi connectivity index (χ0) is 18.4. The Hall–Kier alpha value is -2.79. The first-order chi connectivity index (χ1) is 12.6. The summed E-state index contributed by atoms with van der Waals surface area (Å²) in [6.07, 6.45) is 2.50. The Balaban J connectivity index is 1.52. The third kappa shape index (κ3) is 4.64. The van der Waals surface area contributed by atoms with E-state index in [0.29, 0.717) is 23.9 Å². The van der Waals surface area contributed by atoms with Gasteiger partial charge in [-0.2, -0.15) is 5.10 Å². The van der Waals surface area contributed by atoms with Crippen molar-refractivity contribution in [3.05, 3.63) is 77.6 Å². The first-order valence-corrected chi connectivity index (χ1v) is 8.76. The lowest BCUT2D eigenvalue weighted by Gasteiger charge is -2.16. The number of para-hydroxylation sites is 1. The molecule has 134 valence electrons. The second kappa shape index (κ2) is 8.54. The van der Waals surface area contributed by atoms with Crippen molar-refractivity contribution in [1.82, 2.24) is 14.7 Å². The van der Waals surface area contributed by atoms with Gasteiger partial charge in [0, 0.05) is 24.8 Å². The molecule has 0 saturated heterocycles. The topological polar surface area (TPSA) is 47.4 Å². The van der Waals surface area contributed by atoms with Crippen LogP contribution in [0.1, 0.15) is 16.9 Å². The van der Waals surface area contributed by atoms with Gasteiger partial charge in [0.1, 0.15) is 5.75 Å². The molecule has 6 heteroatoms. The second-order valence-corrected chi connectivity index (χ2v) is 6.30. The number of carbonyl (C=O) groups excluding carboxylic acids is 1. The molecule has 3 aromatic rings. The first kappa shape index (κ1) is 18.0. The minimum absolute atomic E-state index is 0.120. The van der Waals surface area contributed by atoms with Gasteiger partial charge in [0.2, 0.25) is 0 Å². The van der Waals surface area contributed by atoms with Gasteiger partial charge in [-0.05, 0) is 42.8 Å². The Morgan fingerprint density at radius 3 is 2.73 bits per heavy atom. The summed E-state index contributed by atoms with van der Waals surface area (Å²) < 4.78 is 7.29. The number of halogens is 1. The Bertz CT molecular complexity index is 864. The van der Waals surface area contributed by atoms with Crippen molar-refractivity contribution < 1.29 is 9.53 Å². The molecule has 0 aliphatic heterocycles. The maximum absolute atomic E-state index is 12.5. The van der Waals surface area contributed by atoms with Crippen molar-refractivity contribution in [2.24, 2.45) is 0 Å². The molecule has 5 nitrogen and oxygen atoms in total. The van der Waals surface area contributed by atoms with E-state index in [1.165, 1.54) is 0 Å². The van der Waals surface area contributed by atoms with Crippen molar-refractivity contribution in [2.75, 3.05) is 20.2 Å². The fourth-order valence-corrected chi connectivity index (χ4v) is 2.69. The van der Waals surface area contributed by atoms with Crippen LogP contribution in [0.4, 0.5) is 0 Å². The van der Waals surface area contributed by atoms with Crippen LogP contribution in [0.5, 0.6) is 5.75 Å². The molecule has 26 heavy (non-hydrogen) atoms. The van der Waals surface area contributed by atoms with Gasteiger partial charge in [-0.1, -0.05) is 35.9 Å². The van der Waals surface area contributed by atoms with E-state index in [0.717, 1.165) is 17.9 Å². The van der Waals surface area contributed by atoms with E-state index in [1.807, 2.05) is 42.5 Å². The summed E-state index contributed by atoms with van der Waals surface area (Å²) >= 11 is 6.00. The van der Waals surface area contributed by atoms with Gasteiger partial charge in [-0.3, -0.25) is 4.79 Å². The van der Waals surface area contributed by atoms with Crippen LogP contribution < -0.4 is 4.74 Å². The number of hydrogen-bond donors (Lipinski definition) is 0. The minimum Gasteiger partial charge on any atom is -0.494 e. The summed E-state index contributed by atoms with van der Waals surface area (Å²) in [4.78, 5) is 14.2. The first-order valence-electron chi connectivity index (χ1n) is 8.38. The predicted molar refractivity (Wildman–Crippen MR) is 102 cm³/mol. The number of nitrogens with zero attached hydrogens (tertiary/aromatic N) is 3. The van der Waals surface area contributed by atoms with Crippen LogP contribution in [-0.2, 0) is 0 Å². The normalized spacial score (nSPS) is 10.5. The largest absolute Gasteiger partial charge is 0.494 e. The molecule has 0 radical (unpaired) electrons. The van der Waals surface area contributed by atoms with E-state index in [2.05, 4.69) is 5.10 Å². The highest BCUT2D eigenvalue weighted by Gasteiger charge is 2.15. The molecule has 1 amide bonds. The van der Waals surface area contributed by atoms with Crippen molar-refractivity contribution in [2.45, 2.75) is 6.42 Å². The SMILES string of the molecule is CN(CCCOc1ccccc1)C(=O)c1ccn(-c2cccc(Cl)c2)n1.